The van der Waals surface area contributed by atoms with Crippen LogP contribution in [0.1, 0.15) is 17.8 Å². The predicted molar refractivity (Wildman–Crippen MR) is 77.0 cm³/mol. The topological polar surface area (TPSA) is 46.9 Å². The van der Waals surface area contributed by atoms with E-state index in [1.807, 2.05) is 0 Å². The van der Waals surface area contributed by atoms with E-state index in [0.29, 0.717) is 21.4 Å². The minimum Gasteiger partial charge on any atom is -0.324 e. The number of halogens is 4. The van der Waals surface area contributed by atoms with Crippen molar-refractivity contribution in [2.75, 3.05) is 5.32 Å². The van der Waals surface area contributed by atoms with Gasteiger partial charge in [0.2, 0.25) is 5.91 Å². The first kappa shape index (κ1) is 15.7. The van der Waals surface area contributed by atoms with Crippen LogP contribution >= 0.6 is 23.2 Å². The molecule has 0 radical (unpaired) electrons. The Bertz CT molecular complexity index is 673. The first-order valence-corrected chi connectivity index (χ1v) is 6.70. The molecule has 2 aromatic rings. The maximum absolute atomic E-state index is 12.5. The zero-order valence-electron chi connectivity index (χ0n) is 10.9. The number of hydrogen-bond donors (Lipinski definition) is 1. The Kier molecular flexibility index (Phi) is 4.80. The number of aryl methyl sites for hydroxylation is 1. The minimum atomic E-state index is -2.66. The van der Waals surface area contributed by atoms with E-state index < -0.39 is 12.3 Å². The fourth-order valence-corrected chi connectivity index (χ4v) is 2.01. The zero-order valence-corrected chi connectivity index (χ0v) is 12.4. The second-order valence-electron chi connectivity index (χ2n) is 4.35. The van der Waals surface area contributed by atoms with Gasteiger partial charge in [-0.05, 0) is 31.2 Å². The molecule has 112 valence electrons. The Hall–Kier alpha value is -1.66. The van der Waals surface area contributed by atoms with E-state index in [0.717, 1.165) is 0 Å². The normalized spacial score (nSPS) is 11.0. The van der Waals surface area contributed by atoms with E-state index in [4.69, 9.17) is 23.2 Å². The average molecular weight is 334 g/mol. The highest BCUT2D eigenvalue weighted by atomic mass is 35.5. The van der Waals surface area contributed by atoms with Crippen LogP contribution in [0, 0.1) is 6.92 Å². The van der Waals surface area contributed by atoms with Gasteiger partial charge in [-0.1, -0.05) is 23.2 Å². The van der Waals surface area contributed by atoms with Crippen molar-refractivity contribution in [2.24, 2.45) is 0 Å². The molecule has 0 saturated carbocycles. The number of nitrogens with zero attached hydrogens (tertiary/aromatic N) is 2. The quantitative estimate of drug-likeness (QED) is 0.916. The summed E-state index contributed by atoms with van der Waals surface area (Å²) in [6.45, 7) is 1.43. The smallest absolute Gasteiger partial charge is 0.282 e. The number of aromatic nitrogens is 2. The Morgan fingerprint density at radius 1 is 1.33 bits per heavy atom. The maximum Gasteiger partial charge on any atom is 0.282 e. The summed E-state index contributed by atoms with van der Waals surface area (Å²) in [6, 6.07) is 5.89. The van der Waals surface area contributed by atoms with Crippen LogP contribution in [-0.2, 0) is 11.3 Å². The highest BCUT2D eigenvalue weighted by Gasteiger charge is 2.15. The summed E-state index contributed by atoms with van der Waals surface area (Å²) in [5, 5.41) is 6.96. The fraction of sp³-hybridized carbons (Fsp3) is 0.231. The summed E-state index contributed by atoms with van der Waals surface area (Å²) < 4.78 is 26.3. The Morgan fingerprint density at radius 2 is 2.05 bits per heavy atom. The summed E-state index contributed by atoms with van der Waals surface area (Å²) in [6.07, 6.45) is -2.66. The van der Waals surface area contributed by atoms with Gasteiger partial charge in [-0.2, -0.15) is 5.10 Å². The summed E-state index contributed by atoms with van der Waals surface area (Å²) in [5.41, 5.74) is 0.595. The van der Waals surface area contributed by atoms with Crippen LogP contribution in [0.3, 0.4) is 0 Å². The van der Waals surface area contributed by atoms with Gasteiger partial charge in [0.25, 0.3) is 6.43 Å². The van der Waals surface area contributed by atoms with Crippen molar-refractivity contribution in [3.05, 3.63) is 45.7 Å². The molecule has 0 unspecified atom stereocenters. The molecule has 21 heavy (non-hydrogen) atoms. The lowest BCUT2D eigenvalue weighted by molar-refractivity contribution is -0.117. The third-order valence-corrected chi connectivity index (χ3v) is 3.46. The maximum atomic E-state index is 12.5. The van der Waals surface area contributed by atoms with Gasteiger partial charge in [0.1, 0.15) is 12.2 Å². The van der Waals surface area contributed by atoms with Crippen molar-refractivity contribution >= 4 is 34.8 Å². The van der Waals surface area contributed by atoms with Gasteiger partial charge in [-0.3, -0.25) is 9.48 Å². The van der Waals surface area contributed by atoms with Crippen LogP contribution in [0.15, 0.2) is 24.3 Å². The Labute approximate surface area is 129 Å². The number of anilines is 1. The molecule has 1 aromatic carbocycles. The number of alkyl halides is 2. The van der Waals surface area contributed by atoms with Crippen LogP contribution in [0.2, 0.25) is 10.0 Å². The molecule has 1 N–H and O–H groups in total. The summed E-state index contributed by atoms with van der Waals surface area (Å²) >= 11 is 11.6. The molecule has 1 heterocycles. The third-order valence-electron chi connectivity index (χ3n) is 2.72. The summed E-state index contributed by atoms with van der Waals surface area (Å²) in [4.78, 5) is 11.9. The average Bonchev–Trinajstić information content (AvgIpc) is 2.76. The number of rotatable bonds is 4. The molecular weight excluding hydrogens is 323 g/mol. The van der Waals surface area contributed by atoms with Gasteiger partial charge in [-0.15, -0.1) is 0 Å². The molecule has 8 heteroatoms. The first-order valence-electron chi connectivity index (χ1n) is 5.94. The molecule has 0 aliphatic carbocycles. The lowest BCUT2D eigenvalue weighted by Crippen LogP contribution is -2.20. The van der Waals surface area contributed by atoms with E-state index in [1.54, 1.807) is 19.1 Å². The summed E-state index contributed by atoms with van der Waals surface area (Å²) in [5.74, 6) is -0.402. The van der Waals surface area contributed by atoms with Crippen molar-refractivity contribution < 1.29 is 13.6 Å². The molecule has 0 saturated heterocycles. The minimum absolute atomic E-state index is 0.168. The number of amides is 1. The van der Waals surface area contributed by atoms with Crippen LogP contribution in [0.5, 0.6) is 0 Å². The van der Waals surface area contributed by atoms with Gasteiger partial charge in [0, 0.05) is 11.4 Å². The zero-order chi connectivity index (χ0) is 15.6. The van der Waals surface area contributed by atoms with E-state index in [-0.39, 0.29) is 12.2 Å². The monoisotopic (exact) mass is 333 g/mol. The molecule has 4 nitrogen and oxygen atoms in total. The van der Waals surface area contributed by atoms with E-state index in [2.05, 4.69) is 10.4 Å². The number of carbonyl (C=O) groups excluding carboxylic acids is 1. The van der Waals surface area contributed by atoms with E-state index in [1.165, 1.54) is 16.8 Å². The molecule has 0 aliphatic heterocycles. The van der Waals surface area contributed by atoms with E-state index in [9.17, 15) is 13.6 Å². The molecule has 0 aliphatic rings. The van der Waals surface area contributed by atoms with Crippen LogP contribution in [0.4, 0.5) is 14.5 Å². The third kappa shape index (κ3) is 3.92. The molecule has 0 spiro atoms. The SMILES string of the molecule is Cc1cc(C(F)F)nn1CC(=O)Nc1ccc(Cl)c(Cl)c1. The van der Waals surface area contributed by atoms with Crippen molar-refractivity contribution in [3.63, 3.8) is 0 Å². The largest absolute Gasteiger partial charge is 0.324 e. The van der Waals surface area contributed by atoms with Crippen LogP contribution in [-0.4, -0.2) is 15.7 Å². The standard InChI is InChI=1S/C13H11Cl2F2N3O/c1-7-4-11(13(16)17)19-20(7)6-12(21)18-8-2-3-9(14)10(15)5-8/h2-5,13H,6H2,1H3,(H,18,21). The van der Waals surface area contributed by atoms with Crippen LogP contribution < -0.4 is 5.32 Å². The highest BCUT2D eigenvalue weighted by Crippen LogP contribution is 2.25. The lowest BCUT2D eigenvalue weighted by Gasteiger charge is -2.07. The summed E-state index contributed by atoms with van der Waals surface area (Å²) in [7, 11) is 0. The molecule has 1 aromatic heterocycles. The van der Waals surface area contributed by atoms with Crippen LogP contribution in [0.25, 0.3) is 0 Å². The molecular formula is C13H11Cl2F2N3O. The van der Waals surface area contributed by atoms with Crippen molar-refractivity contribution in [2.45, 2.75) is 19.9 Å². The lowest BCUT2D eigenvalue weighted by atomic mass is 10.3. The first-order chi connectivity index (χ1) is 9.86. The predicted octanol–water partition coefficient (Wildman–Crippen LogP) is 4.07. The van der Waals surface area contributed by atoms with Gasteiger partial charge in [-0.25, -0.2) is 8.78 Å². The number of benzene rings is 1. The number of hydrogen-bond acceptors (Lipinski definition) is 2. The molecule has 2 rings (SSSR count). The Balaban J connectivity index is 2.06. The number of nitrogens with one attached hydrogen (secondary N) is 1. The van der Waals surface area contributed by atoms with Crippen molar-refractivity contribution in [3.8, 4) is 0 Å². The van der Waals surface area contributed by atoms with Crippen molar-refractivity contribution in [1.82, 2.24) is 9.78 Å². The molecule has 0 fully saturated rings. The molecule has 0 bridgehead atoms. The van der Waals surface area contributed by atoms with Crippen molar-refractivity contribution in [1.29, 1.82) is 0 Å². The van der Waals surface area contributed by atoms with Gasteiger partial charge in [0.15, 0.2) is 0 Å². The van der Waals surface area contributed by atoms with Gasteiger partial charge >= 0.3 is 0 Å². The highest BCUT2D eigenvalue weighted by molar-refractivity contribution is 6.42. The second kappa shape index (κ2) is 6.41. The second-order valence-corrected chi connectivity index (χ2v) is 5.16. The molecule has 0 atom stereocenters. The van der Waals surface area contributed by atoms with Gasteiger partial charge < -0.3 is 5.32 Å². The molecule has 1 amide bonds. The fourth-order valence-electron chi connectivity index (χ4n) is 1.71. The number of carbonyl (C=O) groups is 1. The van der Waals surface area contributed by atoms with E-state index >= 15 is 0 Å². The van der Waals surface area contributed by atoms with Gasteiger partial charge in [0.05, 0.1) is 10.0 Å². The Morgan fingerprint density at radius 3 is 2.62 bits per heavy atom.